The Morgan fingerprint density at radius 2 is 1.90 bits per heavy atom. The van der Waals surface area contributed by atoms with Crippen molar-refractivity contribution >= 4 is 11.9 Å². The fourth-order valence-corrected chi connectivity index (χ4v) is 4.90. The Morgan fingerprint density at radius 1 is 1.15 bits per heavy atom. The molecule has 4 heteroatoms. The Bertz CT molecular complexity index is 401. The minimum atomic E-state index is -0.799. The molecule has 0 saturated heterocycles. The second-order valence-electron chi connectivity index (χ2n) is 7.25. The highest BCUT2D eigenvalue weighted by Gasteiger charge is 2.42. The fraction of sp³-hybridized carbons (Fsp3) is 0.875. The number of fused-ring (bicyclic) bond motifs is 2. The summed E-state index contributed by atoms with van der Waals surface area (Å²) in [6.07, 6.45) is 9.57. The first kappa shape index (κ1) is 13.9. The van der Waals surface area contributed by atoms with Crippen molar-refractivity contribution in [3.8, 4) is 0 Å². The van der Waals surface area contributed by atoms with E-state index >= 15 is 0 Å². The predicted molar refractivity (Wildman–Crippen MR) is 75.1 cm³/mol. The van der Waals surface area contributed by atoms with E-state index in [2.05, 4.69) is 5.32 Å². The summed E-state index contributed by atoms with van der Waals surface area (Å²) in [6.45, 7) is 0. The van der Waals surface area contributed by atoms with Gasteiger partial charge in [0, 0.05) is 6.42 Å². The smallest absolute Gasteiger partial charge is 0.305 e. The molecule has 2 N–H and O–H groups in total. The molecular weight excluding hydrogens is 254 g/mol. The molecule has 3 saturated carbocycles. The molecule has 112 valence electrons. The lowest BCUT2D eigenvalue weighted by Gasteiger charge is -2.30. The lowest BCUT2D eigenvalue weighted by atomic mass is 9.85. The zero-order valence-electron chi connectivity index (χ0n) is 12.1. The minimum Gasteiger partial charge on any atom is -0.481 e. The summed E-state index contributed by atoms with van der Waals surface area (Å²) in [4.78, 5) is 23.4. The molecule has 0 spiro atoms. The summed E-state index contributed by atoms with van der Waals surface area (Å²) in [7, 11) is 0. The van der Waals surface area contributed by atoms with Crippen molar-refractivity contribution in [2.45, 2.75) is 69.7 Å². The summed E-state index contributed by atoms with van der Waals surface area (Å²) in [6, 6.07) is 0. The van der Waals surface area contributed by atoms with Gasteiger partial charge in [0.25, 0.3) is 0 Å². The Morgan fingerprint density at radius 3 is 2.45 bits per heavy atom. The largest absolute Gasteiger partial charge is 0.481 e. The first-order valence-electron chi connectivity index (χ1n) is 8.09. The summed E-state index contributed by atoms with van der Waals surface area (Å²) < 4.78 is 0. The first-order chi connectivity index (χ1) is 9.56. The third-order valence-electron chi connectivity index (χ3n) is 5.79. The third kappa shape index (κ3) is 2.84. The highest BCUT2D eigenvalue weighted by atomic mass is 16.4. The summed E-state index contributed by atoms with van der Waals surface area (Å²) in [5.41, 5.74) is -0.458. The van der Waals surface area contributed by atoms with E-state index < -0.39 is 11.5 Å². The lowest BCUT2D eigenvalue weighted by molar-refractivity contribution is -0.139. The van der Waals surface area contributed by atoms with E-state index in [9.17, 15) is 9.59 Å². The number of hydrogen-bond donors (Lipinski definition) is 2. The van der Waals surface area contributed by atoms with Gasteiger partial charge in [0.1, 0.15) is 0 Å². The Labute approximate surface area is 120 Å². The molecule has 4 nitrogen and oxygen atoms in total. The van der Waals surface area contributed by atoms with Crippen LogP contribution in [0.2, 0.25) is 0 Å². The van der Waals surface area contributed by atoms with Crippen LogP contribution in [0.25, 0.3) is 0 Å². The second-order valence-corrected chi connectivity index (χ2v) is 7.25. The fourth-order valence-electron chi connectivity index (χ4n) is 4.90. The van der Waals surface area contributed by atoms with Crippen molar-refractivity contribution < 1.29 is 14.7 Å². The molecule has 2 bridgehead atoms. The standard InChI is InChI=1S/C16H25NO3/c18-14(9-13-8-11-3-4-12(13)7-11)17-16(10-15(19)20)5-1-2-6-16/h11-13H,1-10H2,(H,17,18)(H,19,20). The van der Waals surface area contributed by atoms with Crippen molar-refractivity contribution in [3.63, 3.8) is 0 Å². The van der Waals surface area contributed by atoms with Crippen molar-refractivity contribution in [1.29, 1.82) is 0 Å². The van der Waals surface area contributed by atoms with Crippen LogP contribution in [0.4, 0.5) is 0 Å². The van der Waals surface area contributed by atoms with Crippen LogP contribution in [-0.4, -0.2) is 22.5 Å². The normalized spacial score (nSPS) is 34.3. The molecule has 0 aromatic rings. The van der Waals surface area contributed by atoms with Crippen LogP contribution in [0.5, 0.6) is 0 Å². The van der Waals surface area contributed by atoms with Gasteiger partial charge in [-0.15, -0.1) is 0 Å². The van der Waals surface area contributed by atoms with Gasteiger partial charge >= 0.3 is 5.97 Å². The van der Waals surface area contributed by atoms with Crippen LogP contribution in [0.15, 0.2) is 0 Å². The number of nitrogens with one attached hydrogen (secondary N) is 1. The van der Waals surface area contributed by atoms with Gasteiger partial charge < -0.3 is 10.4 Å². The van der Waals surface area contributed by atoms with Crippen molar-refractivity contribution in [2.24, 2.45) is 17.8 Å². The number of rotatable bonds is 5. The van der Waals surface area contributed by atoms with Gasteiger partial charge in [0.05, 0.1) is 12.0 Å². The lowest BCUT2D eigenvalue weighted by Crippen LogP contribution is -2.48. The molecule has 0 heterocycles. The number of amides is 1. The maximum Gasteiger partial charge on any atom is 0.305 e. The maximum atomic E-state index is 12.3. The first-order valence-corrected chi connectivity index (χ1v) is 8.09. The van der Waals surface area contributed by atoms with E-state index in [4.69, 9.17) is 5.11 Å². The molecule has 3 unspecified atom stereocenters. The number of carbonyl (C=O) groups excluding carboxylic acids is 1. The van der Waals surface area contributed by atoms with E-state index in [1.807, 2.05) is 0 Å². The zero-order valence-corrected chi connectivity index (χ0v) is 12.1. The molecule has 0 aliphatic heterocycles. The molecule has 3 aliphatic rings. The number of aliphatic carboxylic acids is 1. The molecule has 20 heavy (non-hydrogen) atoms. The van der Waals surface area contributed by atoms with Crippen molar-refractivity contribution in [3.05, 3.63) is 0 Å². The van der Waals surface area contributed by atoms with E-state index in [1.54, 1.807) is 0 Å². The number of carboxylic acid groups (broad SMARTS) is 1. The van der Waals surface area contributed by atoms with Crippen molar-refractivity contribution in [2.75, 3.05) is 0 Å². The molecule has 0 radical (unpaired) electrons. The van der Waals surface area contributed by atoms with Crippen molar-refractivity contribution in [1.82, 2.24) is 5.32 Å². The highest BCUT2D eigenvalue weighted by Crippen LogP contribution is 2.49. The van der Waals surface area contributed by atoms with E-state index in [1.165, 1.54) is 25.7 Å². The Kier molecular flexibility index (Phi) is 3.74. The molecule has 1 amide bonds. The quantitative estimate of drug-likeness (QED) is 0.813. The molecule has 3 atom stereocenters. The molecule has 0 aromatic carbocycles. The number of hydrogen-bond acceptors (Lipinski definition) is 2. The zero-order chi connectivity index (χ0) is 14.2. The summed E-state index contributed by atoms with van der Waals surface area (Å²) >= 11 is 0. The van der Waals surface area contributed by atoms with Gasteiger partial charge in [-0.1, -0.05) is 19.3 Å². The Hall–Kier alpha value is -1.06. The van der Waals surface area contributed by atoms with Gasteiger partial charge in [-0.2, -0.15) is 0 Å². The van der Waals surface area contributed by atoms with Crippen LogP contribution < -0.4 is 5.32 Å². The third-order valence-corrected chi connectivity index (χ3v) is 5.79. The topological polar surface area (TPSA) is 66.4 Å². The van der Waals surface area contributed by atoms with Gasteiger partial charge in [0.15, 0.2) is 0 Å². The van der Waals surface area contributed by atoms with Crippen LogP contribution in [0.1, 0.15) is 64.2 Å². The minimum absolute atomic E-state index is 0.0788. The van der Waals surface area contributed by atoms with Crippen LogP contribution in [0, 0.1) is 17.8 Å². The number of carboxylic acids is 1. The molecule has 3 rings (SSSR count). The average molecular weight is 279 g/mol. The van der Waals surface area contributed by atoms with E-state index in [0.717, 1.165) is 37.5 Å². The summed E-state index contributed by atoms with van der Waals surface area (Å²) in [5.74, 6) is 1.46. The van der Waals surface area contributed by atoms with Crippen LogP contribution in [0.3, 0.4) is 0 Å². The molecule has 0 aromatic heterocycles. The van der Waals surface area contributed by atoms with Crippen LogP contribution in [-0.2, 0) is 9.59 Å². The molecule has 3 fully saturated rings. The number of carbonyl (C=O) groups is 2. The van der Waals surface area contributed by atoms with Gasteiger partial charge in [0.2, 0.25) is 5.91 Å². The van der Waals surface area contributed by atoms with E-state index in [-0.39, 0.29) is 12.3 Å². The molecule has 3 aliphatic carbocycles. The van der Waals surface area contributed by atoms with Gasteiger partial charge in [-0.25, -0.2) is 0 Å². The Balaban J connectivity index is 1.55. The molecular formula is C16H25NO3. The van der Waals surface area contributed by atoms with Gasteiger partial charge in [-0.05, 0) is 49.9 Å². The highest BCUT2D eigenvalue weighted by molar-refractivity contribution is 5.78. The summed E-state index contributed by atoms with van der Waals surface area (Å²) in [5, 5.41) is 12.2. The van der Waals surface area contributed by atoms with E-state index in [0.29, 0.717) is 12.3 Å². The SMILES string of the molecule is O=C(O)CC1(NC(=O)CC2CC3CCC2C3)CCCC1. The second kappa shape index (κ2) is 5.38. The monoisotopic (exact) mass is 279 g/mol. The average Bonchev–Trinajstić information content (AvgIpc) is 3.04. The predicted octanol–water partition coefficient (Wildman–Crippen LogP) is 2.72. The van der Waals surface area contributed by atoms with Gasteiger partial charge in [-0.3, -0.25) is 9.59 Å². The maximum absolute atomic E-state index is 12.3. The van der Waals surface area contributed by atoms with Crippen LogP contribution >= 0.6 is 0 Å².